The lowest BCUT2D eigenvalue weighted by atomic mass is 9.85. The van der Waals surface area contributed by atoms with E-state index in [1.165, 1.54) is 0 Å². The normalized spacial score (nSPS) is 17.8. The third-order valence-electron chi connectivity index (χ3n) is 6.84. The molecule has 0 spiro atoms. The second kappa shape index (κ2) is 13.0. The van der Waals surface area contributed by atoms with E-state index in [9.17, 15) is 4.79 Å². The lowest BCUT2D eigenvalue weighted by molar-refractivity contribution is -0.128. The second-order valence-electron chi connectivity index (χ2n) is 9.79. The molecular formula is C30H34N6O4. The van der Waals surface area contributed by atoms with Crippen LogP contribution in [0.25, 0.3) is 10.4 Å². The van der Waals surface area contributed by atoms with Crippen LogP contribution in [0.1, 0.15) is 30.0 Å². The molecule has 10 nitrogen and oxygen atoms in total. The fraction of sp³-hybridized carbons (Fsp3) is 0.333. The predicted molar refractivity (Wildman–Crippen MR) is 155 cm³/mol. The van der Waals surface area contributed by atoms with Gasteiger partial charge in [-0.15, -0.1) is 0 Å². The van der Waals surface area contributed by atoms with E-state index < -0.39 is 11.6 Å². The molecule has 0 unspecified atom stereocenters. The van der Waals surface area contributed by atoms with Crippen LogP contribution in [0.15, 0.2) is 82.9 Å². The zero-order chi connectivity index (χ0) is 28.5. The molecule has 3 aromatic rings. The standard InChI is InChI=1S/C30H34N6O4/c1-21-30(19-24-7-4-5-8-27(24)34-35-31,29(38)32-20-22-9-13-25(14-10-22)36(2)3)33-28(40-21)23-11-15-26(16-12-23)39-18-6-17-37/h4-5,7-16,21,37H,6,17-20H2,1-3H3,(H,32,38)/t21-,30-/m1/s1. The molecule has 0 aromatic heterocycles. The van der Waals surface area contributed by atoms with Crippen LogP contribution in [0.2, 0.25) is 0 Å². The zero-order valence-corrected chi connectivity index (χ0v) is 22.9. The highest BCUT2D eigenvalue weighted by Crippen LogP contribution is 2.35. The number of hydrogen-bond acceptors (Lipinski definition) is 7. The van der Waals surface area contributed by atoms with Gasteiger partial charge in [-0.05, 0) is 60.0 Å². The highest BCUT2D eigenvalue weighted by Gasteiger charge is 2.50. The van der Waals surface area contributed by atoms with E-state index in [1.807, 2.05) is 74.4 Å². The fourth-order valence-corrected chi connectivity index (χ4v) is 4.49. The predicted octanol–water partition coefficient (Wildman–Crippen LogP) is 4.92. The molecular weight excluding hydrogens is 508 g/mol. The minimum atomic E-state index is -1.30. The number of aliphatic imine (C=N–C) groups is 1. The van der Waals surface area contributed by atoms with Gasteiger partial charge in [-0.25, -0.2) is 4.99 Å². The highest BCUT2D eigenvalue weighted by atomic mass is 16.5. The summed E-state index contributed by atoms with van der Waals surface area (Å²) in [7, 11) is 3.95. The fourth-order valence-electron chi connectivity index (χ4n) is 4.49. The van der Waals surface area contributed by atoms with E-state index >= 15 is 0 Å². The van der Waals surface area contributed by atoms with Crippen molar-refractivity contribution in [2.24, 2.45) is 10.1 Å². The summed E-state index contributed by atoms with van der Waals surface area (Å²) in [6.45, 7) is 2.62. The third-order valence-corrected chi connectivity index (χ3v) is 6.84. The minimum Gasteiger partial charge on any atom is -0.494 e. The van der Waals surface area contributed by atoms with Crippen molar-refractivity contribution in [3.05, 3.63) is 99.9 Å². The molecule has 208 valence electrons. The van der Waals surface area contributed by atoms with Gasteiger partial charge in [-0.2, -0.15) is 0 Å². The maximum Gasteiger partial charge on any atom is 0.252 e. The Morgan fingerprint density at radius 1 is 1.15 bits per heavy atom. The maximum absolute atomic E-state index is 13.9. The van der Waals surface area contributed by atoms with Crippen molar-refractivity contribution in [1.29, 1.82) is 0 Å². The molecule has 2 atom stereocenters. The van der Waals surface area contributed by atoms with Crippen LogP contribution in [-0.4, -0.2) is 55.9 Å². The number of anilines is 1. The Morgan fingerprint density at radius 3 is 2.55 bits per heavy atom. The molecule has 4 rings (SSSR count). The average molecular weight is 543 g/mol. The van der Waals surface area contributed by atoms with E-state index in [0.717, 1.165) is 11.3 Å². The minimum absolute atomic E-state index is 0.0644. The van der Waals surface area contributed by atoms with E-state index in [2.05, 4.69) is 15.3 Å². The first kappa shape index (κ1) is 28.5. The number of nitrogens with zero attached hydrogens (tertiary/aromatic N) is 5. The van der Waals surface area contributed by atoms with Gasteiger partial charge in [0, 0.05) is 61.9 Å². The summed E-state index contributed by atoms with van der Waals surface area (Å²) in [6.07, 6.45) is 0.128. The summed E-state index contributed by atoms with van der Waals surface area (Å²) < 4.78 is 11.8. The second-order valence-corrected chi connectivity index (χ2v) is 9.79. The summed E-state index contributed by atoms with van der Waals surface area (Å²) in [4.78, 5) is 23.8. The Morgan fingerprint density at radius 2 is 1.88 bits per heavy atom. The average Bonchev–Trinajstić information content (AvgIpc) is 3.30. The Hall–Kier alpha value is -4.53. The van der Waals surface area contributed by atoms with Gasteiger partial charge in [0.2, 0.25) is 5.90 Å². The summed E-state index contributed by atoms with van der Waals surface area (Å²) >= 11 is 0. The molecule has 0 aliphatic carbocycles. The van der Waals surface area contributed by atoms with Crippen LogP contribution in [0.4, 0.5) is 11.4 Å². The number of nitrogens with one attached hydrogen (secondary N) is 1. The van der Waals surface area contributed by atoms with E-state index in [1.54, 1.807) is 24.3 Å². The van der Waals surface area contributed by atoms with Gasteiger partial charge < -0.3 is 24.8 Å². The van der Waals surface area contributed by atoms with Gasteiger partial charge in [0.15, 0.2) is 5.54 Å². The van der Waals surface area contributed by atoms with Crippen molar-refractivity contribution in [3.63, 3.8) is 0 Å². The SMILES string of the molecule is C[C@H]1OC(c2ccc(OCCCO)cc2)=N[C@@]1(Cc1ccccc1N=[N+]=[N-])C(=O)NCc1ccc(N(C)C)cc1. The number of rotatable bonds is 12. The van der Waals surface area contributed by atoms with Crippen molar-refractivity contribution in [3.8, 4) is 5.75 Å². The van der Waals surface area contributed by atoms with E-state index in [4.69, 9.17) is 25.1 Å². The third kappa shape index (κ3) is 6.54. The molecule has 0 radical (unpaired) electrons. The molecule has 1 amide bonds. The monoisotopic (exact) mass is 542 g/mol. The molecule has 1 aliphatic heterocycles. The van der Waals surface area contributed by atoms with Gasteiger partial charge in [-0.3, -0.25) is 4.79 Å². The molecule has 0 bridgehead atoms. The quantitative estimate of drug-likeness (QED) is 0.145. The van der Waals surface area contributed by atoms with Crippen LogP contribution in [-0.2, 0) is 22.5 Å². The molecule has 0 saturated carbocycles. The maximum atomic E-state index is 13.9. The van der Waals surface area contributed by atoms with Gasteiger partial charge in [0.05, 0.1) is 6.61 Å². The Kier molecular flexibility index (Phi) is 9.27. The number of aliphatic hydroxyl groups excluding tert-OH is 1. The Bertz CT molecular complexity index is 1380. The van der Waals surface area contributed by atoms with Crippen LogP contribution >= 0.6 is 0 Å². The van der Waals surface area contributed by atoms with Gasteiger partial charge in [0.1, 0.15) is 11.9 Å². The first-order valence-corrected chi connectivity index (χ1v) is 13.1. The summed E-state index contributed by atoms with van der Waals surface area (Å²) in [5, 5.41) is 15.8. The van der Waals surface area contributed by atoms with Gasteiger partial charge in [0.25, 0.3) is 5.91 Å². The van der Waals surface area contributed by atoms with E-state index in [-0.39, 0.29) is 18.9 Å². The van der Waals surface area contributed by atoms with Crippen LogP contribution < -0.4 is 15.0 Å². The first-order valence-electron chi connectivity index (χ1n) is 13.1. The summed E-state index contributed by atoms with van der Waals surface area (Å²) in [5.74, 6) is 0.726. The lowest BCUT2D eigenvalue weighted by Gasteiger charge is -2.28. The molecule has 3 aromatic carbocycles. The molecule has 10 heteroatoms. The van der Waals surface area contributed by atoms with Crippen molar-refractivity contribution in [1.82, 2.24) is 5.32 Å². The zero-order valence-electron chi connectivity index (χ0n) is 22.9. The van der Waals surface area contributed by atoms with Crippen LogP contribution in [0.5, 0.6) is 5.75 Å². The highest BCUT2D eigenvalue weighted by molar-refractivity contribution is 6.01. The number of ether oxygens (including phenoxy) is 2. The largest absolute Gasteiger partial charge is 0.494 e. The summed E-state index contributed by atoms with van der Waals surface area (Å²) in [5.41, 5.74) is 11.6. The lowest BCUT2D eigenvalue weighted by Crippen LogP contribution is -2.52. The Labute approximate surface area is 233 Å². The molecule has 0 fully saturated rings. The smallest absolute Gasteiger partial charge is 0.252 e. The number of aliphatic hydroxyl groups is 1. The summed E-state index contributed by atoms with van der Waals surface area (Å²) in [6, 6.07) is 22.4. The number of carbonyl (C=O) groups is 1. The van der Waals surface area contributed by atoms with Crippen molar-refractivity contribution < 1.29 is 19.4 Å². The topological polar surface area (TPSA) is 132 Å². The van der Waals surface area contributed by atoms with Gasteiger partial charge in [-0.1, -0.05) is 41.5 Å². The molecule has 2 N–H and O–H groups in total. The number of hydrogen-bond donors (Lipinski definition) is 2. The Balaban J connectivity index is 1.63. The molecule has 40 heavy (non-hydrogen) atoms. The number of benzene rings is 3. The van der Waals surface area contributed by atoms with Crippen LogP contribution in [0.3, 0.4) is 0 Å². The van der Waals surface area contributed by atoms with Crippen molar-refractivity contribution in [2.75, 3.05) is 32.2 Å². The molecule has 1 aliphatic rings. The number of azide groups is 1. The molecule has 1 heterocycles. The first-order chi connectivity index (χ1) is 19.4. The number of carbonyl (C=O) groups excluding carboxylic acids is 1. The van der Waals surface area contributed by atoms with E-state index in [0.29, 0.717) is 48.0 Å². The van der Waals surface area contributed by atoms with Crippen LogP contribution in [0, 0.1) is 0 Å². The van der Waals surface area contributed by atoms with Gasteiger partial charge >= 0.3 is 0 Å². The van der Waals surface area contributed by atoms with Crippen molar-refractivity contribution in [2.45, 2.75) is 38.0 Å². The van der Waals surface area contributed by atoms with Crippen molar-refractivity contribution >= 4 is 23.2 Å². The molecule has 0 saturated heterocycles. The number of amides is 1.